The van der Waals surface area contributed by atoms with Crippen molar-refractivity contribution in [3.8, 4) is 0 Å². The molecule has 26 heavy (non-hydrogen) atoms. The Hall–Kier alpha value is -2.86. The molecule has 6 nitrogen and oxygen atoms in total. The van der Waals surface area contributed by atoms with E-state index in [1.807, 2.05) is 33.3 Å². The first-order valence-electron chi connectivity index (χ1n) is 8.54. The molecule has 1 N–H and O–H groups in total. The van der Waals surface area contributed by atoms with Crippen LogP contribution in [-0.4, -0.2) is 40.6 Å². The number of nitrogens with one attached hydrogen (secondary N) is 1. The van der Waals surface area contributed by atoms with E-state index in [0.717, 1.165) is 11.1 Å². The number of carbonyl (C=O) groups excluding carboxylic acids is 1. The van der Waals surface area contributed by atoms with Crippen molar-refractivity contribution in [2.45, 2.75) is 6.04 Å². The van der Waals surface area contributed by atoms with Crippen LogP contribution in [0.1, 0.15) is 22.0 Å². The largest absolute Gasteiger partial charge is 0.350 e. The van der Waals surface area contributed by atoms with Gasteiger partial charge < -0.3 is 19.4 Å². The van der Waals surface area contributed by atoms with E-state index in [-0.39, 0.29) is 23.1 Å². The highest BCUT2D eigenvalue weighted by molar-refractivity contribution is 5.93. The van der Waals surface area contributed by atoms with Gasteiger partial charge in [-0.05, 0) is 37.9 Å². The highest BCUT2D eigenvalue weighted by Crippen LogP contribution is 2.28. The maximum absolute atomic E-state index is 12.5. The summed E-state index contributed by atoms with van der Waals surface area (Å²) in [5.41, 5.74) is 2.16. The van der Waals surface area contributed by atoms with Gasteiger partial charge in [0.15, 0.2) is 0 Å². The number of hydrogen-bond acceptors (Lipinski definition) is 3. The summed E-state index contributed by atoms with van der Waals surface area (Å²) in [7, 11) is 7.63. The highest BCUT2D eigenvalue weighted by Gasteiger charge is 2.21. The maximum Gasteiger partial charge on any atom is 0.263 e. The fraction of sp³-hybridized carbons (Fsp3) is 0.300. The summed E-state index contributed by atoms with van der Waals surface area (Å²) in [5.74, 6) is -0.349. The molecule has 6 heteroatoms. The minimum Gasteiger partial charge on any atom is -0.350 e. The van der Waals surface area contributed by atoms with Gasteiger partial charge in [0.2, 0.25) is 0 Å². The lowest BCUT2D eigenvalue weighted by Crippen LogP contribution is -2.37. The van der Waals surface area contributed by atoms with E-state index in [1.54, 1.807) is 25.4 Å². The van der Waals surface area contributed by atoms with Gasteiger partial charge in [-0.1, -0.05) is 18.2 Å². The van der Waals surface area contributed by atoms with Crippen molar-refractivity contribution >= 4 is 16.8 Å². The molecule has 0 fully saturated rings. The first kappa shape index (κ1) is 17.9. The number of likely N-dealkylation sites (N-methyl/N-ethyl adjacent to an activating group) is 1. The maximum atomic E-state index is 12.5. The van der Waals surface area contributed by atoms with Crippen molar-refractivity contribution in [1.29, 1.82) is 0 Å². The second-order valence-corrected chi connectivity index (χ2v) is 6.74. The van der Waals surface area contributed by atoms with E-state index in [1.165, 1.54) is 9.95 Å². The molecule has 0 saturated heterocycles. The van der Waals surface area contributed by atoms with E-state index in [0.29, 0.717) is 6.54 Å². The van der Waals surface area contributed by atoms with Crippen molar-refractivity contribution in [2.75, 3.05) is 20.6 Å². The van der Waals surface area contributed by atoms with Crippen LogP contribution in [0.15, 0.2) is 53.6 Å². The summed E-state index contributed by atoms with van der Waals surface area (Å²) in [6.45, 7) is 0.415. The normalized spacial score (nSPS) is 12.5. The number of carbonyl (C=O) groups is 1. The summed E-state index contributed by atoms with van der Waals surface area (Å²) >= 11 is 0. The zero-order valence-corrected chi connectivity index (χ0v) is 15.6. The Morgan fingerprint density at radius 3 is 2.58 bits per heavy atom. The molecule has 0 radical (unpaired) electrons. The van der Waals surface area contributed by atoms with Crippen LogP contribution in [0.2, 0.25) is 0 Å². The van der Waals surface area contributed by atoms with Gasteiger partial charge >= 0.3 is 0 Å². The van der Waals surface area contributed by atoms with Gasteiger partial charge in [0, 0.05) is 43.9 Å². The third-order valence-corrected chi connectivity index (χ3v) is 4.73. The molecule has 0 bridgehead atoms. The minimum absolute atomic E-state index is 0.00221. The molecule has 1 unspecified atom stereocenters. The second kappa shape index (κ2) is 7.17. The Morgan fingerprint density at radius 2 is 1.85 bits per heavy atom. The molecule has 3 aromatic rings. The van der Waals surface area contributed by atoms with Gasteiger partial charge in [-0.15, -0.1) is 0 Å². The van der Waals surface area contributed by atoms with E-state index >= 15 is 0 Å². The lowest BCUT2D eigenvalue weighted by atomic mass is 10.0. The molecule has 0 saturated carbocycles. The third-order valence-electron chi connectivity index (χ3n) is 4.73. The van der Waals surface area contributed by atoms with E-state index in [2.05, 4.69) is 33.1 Å². The fourth-order valence-corrected chi connectivity index (χ4v) is 3.26. The second-order valence-electron chi connectivity index (χ2n) is 6.74. The predicted octanol–water partition coefficient (Wildman–Crippen LogP) is 1.91. The molecular formula is C20H24N4O2. The van der Waals surface area contributed by atoms with Crippen LogP contribution in [0.3, 0.4) is 0 Å². The zero-order valence-electron chi connectivity index (χ0n) is 15.6. The number of pyridine rings is 1. The number of rotatable bonds is 5. The molecule has 1 aromatic carbocycles. The summed E-state index contributed by atoms with van der Waals surface area (Å²) in [4.78, 5) is 26.7. The van der Waals surface area contributed by atoms with Gasteiger partial charge in [-0.2, -0.15) is 0 Å². The van der Waals surface area contributed by atoms with Crippen LogP contribution < -0.4 is 10.9 Å². The number of benzene rings is 1. The number of hydrogen-bond donors (Lipinski definition) is 1. The molecule has 0 aliphatic heterocycles. The molecule has 3 rings (SSSR count). The molecule has 2 aromatic heterocycles. The van der Waals surface area contributed by atoms with E-state index in [9.17, 15) is 9.59 Å². The predicted molar refractivity (Wildman–Crippen MR) is 103 cm³/mol. The topological polar surface area (TPSA) is 59.3 Å². The summed E-state index contributed by atoms with van der Waals surface area (Å²) in [6.07, 6.45) is 3.74. The Labute approximate surface area is 152 Å². The van der Waals surface area contributed by atoms with Crippen molar-refractivity contribution in [3.63, 3.8) is 0 Å². The third kappa shape index (κ3) is 3.28. The zero-order chi connectivity index (χ0) is 18.8. The Morgan fingerprint density at radius 1 is 1.12 bits per heavy atom. The van der Waals surface area contributed by atoms with Gasteiger partial charge in [0.05, 0.1) is 6.04 Å². The smallest absolute Gasteiger partial charge is 0.263 e. The first-order chi connectivity index (χ1) is 12.4. The first-order valence-corrected chi connectivity index (χ1v) is 8.54. The highest BCUT2D eigenvalue weighted by atomic mass is 16.2. The molecular weight excluding hydrogens is 328 g/mol. The van der Waals surface area contributed by atoms with Crippen molar-refractivity contribution in [3.05, 3.63) is 70.3 Å². The summed E-state index contributed by atoms with van der Waals surface area (Å²) in [5, 5.41) is 4.08. The molecule has 136 valence electrons. The number of fused-ring (bicyclic) bond motifs is 1. The standard InChI is InChI=1S/C20H24N4O2/c1-22(2)18(16-13-24(4)17-10-6-5-8-14(16)17)12-21-19(25)15-9-7-11-23(3)20(15)26/h5-11,13,18H,12H2,1-4H3,(H,21,25). The van der Waals surface area contributed by atoms with Gasteiger partial charge in [-0.3, -0.25) is 9.59 Å². The summed E-state index contributed by atoms with van der Waals surface area (Å²) in [6, 6.07) is 11.5. The van der Waals surface area contributed by atoms with Crippen LogP contribution in [0.4, 0.5) is 0 Å². The quantitative estimate of drug-likeness (QED) is 0.763. The Bertz CT molecular complexity index is 1000. The average Bonchev–Trinajstić information content (AvgIpc) is 2.94. The molecule has 0 aliphatic carbocycles. The minimum atomic E-state index is -0.349. The monoisotopic (exact) mass is 352 g/mol. The van der Waals surface area contributed by atoms with Gasteiger partial charge in [-0.25, -0.2) is 0 Å². The van der Waals surface area contributed by atoms with Gasteiger partial charge in [0.1, 0.15) is 5.56 Å². The van der Waals surface area contributed by atoms with E-state index < -0.39 is 0 Å². The van der Waals surface area contributed by atoms with Gasteiger partial charge in [0.25, 0.3) is 11.5 Å². The van der Waals surface area contributed by atoms with Crippen LogP contribution in [0.25, 0.3) is 10.9 Å². The van der Waals surface area contributed by atoms with Crippen LogP contribution >= 0.6 is 0 Å². The lowest BCUT2D eigenvalue weighted by Gasteiger charge is -2.24. The Balaban J connectivity index is 1.87. The molecule has 0 spiro atoms. The van der Waals surface area contributed by atoms with Crippen LogP contribution in [0.5, 0.6) is 0 Å². The van der Waals surface area contributed by atoms with Crippen molar-refractivity contribution in [2.24, 2.45) is 14.1 Å². The van der Waals surface area contributed by atoms with Crippen LogP contribution in [0, 0.1) is 0 Å². The molecule has 1 amide bonds. The number of nitrogens with zero attached hydrogens (tertiary/aromatic N) is 3. The number of aryl methyl sites for hydroxylation is 2. The average molecular weight is 352 g/mol. The lowest BCUT2D eigenvalue weighted by molar-refractivity contribution is 0.0940. The van der Waals surface area contributed by atoms with Crippen molar-refractivity contribution < 1.29 is 4.79 Å². The van der Waals surface area contributed by atoms with Crippen molar-refractivity contribution in [1.82, 2.24) is 19.4 Å². The number of para-hydroxylation sites is 1. The molecule has 2 heterocycles. The fourth-order valence-electron chi connectivity index (χ4n) is 3.26. The molecule has 1 atom stereocenters. The number of amides is 1. The SMILES string of the molecule is CN(C)C(CNC(=O)c1cccn(C)c1=O)c1cn(C)c2ccccc12. The Kier molecular flexibility index (Phi) is 4.95. The van der Waals surface area contributed by atoms with E-state index in [4.69, 9.17) is 0 Å². The van der Waals surface area contributed by atoms with Crippen LogP contribution in [-0.2, 0) is 14.1 Å². The summed E-state index contributed by atoms with van der Waals surface area (Å²) < 4.78 is 3.50. The number of aromatic nitrogens is 2. The molecule has 0 aliphatic rings.